The van der Waals surface area contributed by atoms with Crippen LogP contribution in [0.2, 0.25) is 0 Å². The third-order valence-corrected chi connectivity index (χ3v) is 4.75. The Morgan fingerprint density at radius 2 is 2.21 bits per heavy atom. The lowest BCUT2D eigenvalue weighted by Gasteiger charge is -2.16. The van der Waals surface area contributed by atoms with Gasteiger partial charge in [-0.25, -0.2) is 4.79 Å². The van der Waals surface area contributed by atoms with Crippen molar-refractivity contribution in [3.8, 4) is 0 Å². The average molecular weight is 304 g/mol. The molecule has 0 aliphatic rings. The molecule has 0 fully saturated rings. The quantitative estimate of drug-likeness (QED) is 0.596. The van der Waals surface area contributed by atoms with Gasteiger partial charge in [0.2, 0.25) is 0 Å². The van der Waals surface area contributed by atoms with Crippen LogP contribution >= 0.6 is 23.1 Å². The summed E-state index contributed by atoms with van der Waals surface area (Å²) >= 11 is 2.84. The lowest BCUT2D eigenvalue weighted by atomic mass is 10.2. The molecule has 108 valence electrons. The fourth-order valence-corrected chi connectivity index (χ4v) is 3.64. The molecule has 1 aromatic rings. The zero-order valence-electron chi connectivity index (χ0n) is 11.6. The Labute approximate surface area is 121 Å². The predicted molar refractivity (Wildman–Crippen MR) is 81.4 cm³/mol. The molecule has 0 saturated heterocycles. The van der Waals surface area contributed by atoms with Gasteiger partial charge in [-0.2, -0.15) is 0 Å². The molecule has 7 heteroatoms. The van der Waals surface area contributed by atoms with E-state index in [-0.39, 0.29) is 6.04 Å². The van der Waals surface area contributed by atoms with Crippen LogP contribution in [0.3, 0.4) is 0 Å². The van der Waals surface area contributed by atoms with E-state index < -0.39 is 5.97 Å². The molecule has 5 nitrogen and oxygen atoms in total. The molecular formula is C12H20N2O3S2. The van der Waals surface area contributed by atoms with Gasteiger partial charge in [-0.15, -0.1) is 23.1 Å². The van der Waals surface area contributed by atoms with Crippen molar-refractivity contribution in [2.45, 2.75) is 24.3 Å². The fraction of sp³-hybridized carbons (Fsp3) is 0.583. The minimum Gasteiger partial charge on any atom is -0.465 e. The Balaban J connectivity index is 3.03. The number of hydrogen-bond acceptors (Lipinski definition) is 7. The first-order chi connectivity index (χ1) is 9.08. The molecule has 1 aromatic heterocycles. The smallest absolute Gasteiger partial charge is 0.350 e. The van der Waals surface area contributed by atoms with Crippen molar-refractivity contribution < 1.29 is 14.3 Å². The number of hydrogen-bond donors (Lipinski definition) is 2. The minimum atomic E-state index is -0.398. The zero-order valence-corrected chi connectivity index (χ0v) is 13.2. The van der Waals surface area contributed by atoms with Gasteiger partial charge < -0.3 is 20.5 Å². The Morgan fingerprint density at radius 3 is 2.68 bits per heavy atom. The van der Waals surface area contributed by atoms with Crippen LogP contribution in [0.25, 0.3) is 0 Å². The van der Waals surface area contributed by atoms with Crippen LogP contribution in [0, 0.1) is 0 Å². The summed E-state index contributed by atoms with van der Waals surface area (Å²) in [6.07, 6.45) is 2.86. The molecule has 0 aromatic carbocycles. The average Bonchev–Trinajstić information content (AvgIpc) is 2.73. The number of thiophene rings is 1. The van der Waals surface area contributed by atoms with Crippen LogP contribution in [0.4, 0.5) is 10.7 Å². The van der Waals surface area contributed by atoms with E-state index in [0.29, 0.717) is 17.2 Å². The van der Waals surface area contributed by atoms with Crippen molar-refractivity contribution in [1.82, 2.24) is 0 Å². The highest BCUT2D eigenvalue weighted by atomic mass is 32.2. The molecule has 0 radical (unpaired) electrons. The van der Waals surface area contributed by atoms with Gasteiger partial charge in [-0.3, -0.25) is 0 Å². The number of carbonyl (C=O) groups is 1. The highest BCUT2D eigenvalue weighted by Gasteiger charge is 2.22. The van der Waals surface area contributed by atoms with Crippen LogP contribution in [0.1, 0.15) is 23.0 Å². The summed E-state index contributed by atoms with van der Waals surface area (Å²) in [4.78, 5) is 13.0. The van der Waals surface area contributed by atoms with Crippen LogP contribution in [-0.4, -0.2) is 39.1 Å². The summed E-state index contributed by atoms with van der Waals surface area (Å²) in [5, 5.41) is 4.27. The van der Waals surface area contributed by atoms with E-state index >= 15 is 0 Å². The number of ether oxygens (including phenoxy) is 2. The lowest BCUT2D eigenvalue weighted by molar-refractivity contribution is 0.0607. The second kappa shape index (κ2) is 7.62. The molecule has 0 saturated carbocycles. The number of nitrogens with one attached hydrogen (secondary N) is 1. The SMILES string of the molecule is CCC(COC)Nc1sc(C(=O)OC)c(N)c1SC. The van der Waals surface area contributed by atoms with E-state index in [1.807, 2.05) is 6.26 Å². The van der Waals surface area contributed by atoms with Crippen LogP contribution in [-0.2, 0) is 9.47 Å². The third kappa shape index (κ3) is 3.77. The van der Waals surface area contributed by atoms with Crippen molar-refractivity contribution >= 4 is 39.8 Å². The molecule has 0 aliphatic heterocycles. The Hall–Kier alpha value is -0.920. The van der Waals surface area contributed by atoms with E-state index in [1.54, 1.807) is 7.11 Å². The summed E-state index contributed by atoms with van der Waals surface area (Å²) in [6.45, 7) is 2.68. The number of nitrogen functional groups attached to an aromatic ring is 1. The Bertz CT molecular complexity index is 435. The fourth-order valence-electron chi connectivity index (χ4n) is 1.62. The molecule has 0 amide bonds. The van der Waals surface area contributed by atoms with Gasteiger partial charge in [0.25, 0.3) is 0 Å². The highest BCUT2D eigenvalue weighted by Crippen LogP contribution is 2.42. The summed E-state index contributed by atoms with van der Waals surface area (Å²) < 4.78 is 9.90. The number of nitrogens with two attached hydrogens (primary N) is 1. The second-order valence-electron chi connectivity index (χ2n) is 3.90. The standard InChI is InChI=1S/C12H20N2O3S2/c1-5-7(6-16-2)14-11-9(18-4)8(13)10(19-11)12(15)17-3/h7,14H,5-6,13H2,1-4H3. The van der Waals surface area contributed by atoms with Crippen LogP contribution in [0.15, 0.2) is 4.90 Å². The van der Waals surface area contributed by atoms with E-state index in [4.69, 9.17) is 15.2 Å². The lowest BCUT2D eigenvalue weighted by Crippen LogP contribution is -2.23. The van der Waals surface area contributed by atoms with Crippen molar-refractivity contribution in [2.75, 3.05) is 38.1 Å². The van der Waals surface area contributed by atoms with Gasteiger partial charge in [0, 0.05) is 13.2 Å². The Kier molecular flexibility index (Phi) is 6.47. The van der Waals surface area contributed by atoms with E-state index in [0.717, 1.165) is 16.3 Å². The second-order valence-corrected chi connectivity index (χ2v) is 5.74. The van der Waals surface area contributed by atoms with Crippen molar-refractivity contribution in [3.63, 3.8) is 0 Å². The highest BCUT2D eigenvalue weighted by molar-refractivity contribution is 7.99. The summed E-state index contributed by atoms with van der Waals surface area (Å²) in [6, 6.07) is 0.194. The van der Waals surface area contributed by atoms with Crippen LogP contribution in [0.5, 0.6) is 0 Å². The van der Waals surface area contributed by atoms with Gasteiger partial charge in [-0.1, -0.05) is 6.92 Å². The molecule has 3 N–H and O–H groups in total. The molecule has 1 unspecified atom stereocenters. The zero-order chi connectivity index (χ0) is 14.4. The topological polar surface area (TPSA) is 73.6 Å². The molecule has 1 rings (SSSR count). The number of esters is 1. The van der Waals surface area contributed by atoms with Crippen molar-refractivity contribution in [1.29, 1.82) is 0 Å². The van der Waals surface area contributed by atoms with Gasteiger partial charge in [0.1, 0.15) is 9.88 Å². The predicted octanol–water partition coefficient (Wildman–Crippen LogP) is 2.68. The number of anilines is 2. The molecule has 19 heavy (non-hydrogen) atoms. The van der Waals surface area contributed by atoms with Gasteiger partial charge in [0.05, 0.1) is 24.3 Å². The maximum atomic E-state index is 11.6. The summed E-state index contributed by atoms with van der Waals surface area (Å²) in [7, 11) is 3.02. The largest absolute Gasteiger partial charge is 0.465 e. The third-order valence-electron chi connectivity index (χ3n) is 2.67. The van der Waals surface area contributed by atoms with Gasteiger partial charge in [0.15, 0.2) is 0 Å². The molecule has 0 spiro atoms. The Morgan fingerprint density at radius 1 is 1.53 bits per heavy atom. The van der Waals surface area contributed by atoms with Crippen LogP contribution < -0.4 is 11.1 Å². The van der Waals surface area contributed by atoms with Crippen molar-refractivity contribution in [2.24, 2.45) is 0 Å². The first-order valence-electron chi connectivity index (χ1n) is 5.88. The van der Waals surface area contributed by atoms with Gasteiger partial charge >= 0.3 is 5.97 Å². The van der Waals surface area contributed by atoms with E-state index in [9.17, 15) is 4.79 Å². The minimum absolute atomic E-state index is 0.194. The number of rotatable bonds is 7. The molecular weight excluding hydrogens is 284 g/mol. The number of thioether (sulfide) groups is 1. The normalized spacial score (nSPS) is 12.2. The molecule has 0 bridgehead atoms. The molecule has 0 aliphatic carbocycles. The molecule has 1 heterocycles. The number of methoxy groups -OCH3 is 2. The summed E-state index contributed by atoms with van der Waals surface area (Å²) in [5.41, 5.74) is 6.49. The van der Waals surface area contributed by atoms with E-state index in [1.165, 1.54) is 30.2 Å². The first kappa shape index (κ1) is 16.1. The molecule has 1 atom stereocenters. The van der Waals surface area contributed by atoms with Crippen molar-refractivity contribution in [3.05, 3.63) is 4.88 Å². The maximum absolute atomic E-state index is 11.6. The monoisotopic (exact) mass is 304 g/mol. The maximum Gasteiger partial charge on any atom is 0.350 e. The van der Waals surface area contributed by atoms with E-state index in [2.05, 4.69) is 12.2 Å². The van der Waals surface area contributed by atoms with Gasteiger partial charge in [-0.05, 0) is 12.7 Å². The first-order valence-corrected chi connectivity index (χ1v) is 7.93. The summed E-state index contributed by atoms with van der Waals surface area (Å²) in [5.74, 6) is -0.398. The number of carbonyl (C=O) groups excluding carboxylic acids is 1.